The number of benzene rings is 2. The molecule has 0 aliphatic carbocycles. The van der Waals surface area contributed by atoms with Crippen LogP contribution in [0.15, 0.2) is 73.3 Å². The zero-order valence-electron chi connectivity index (χ0n) is 10.7. The summed E-state index contributed by atoms with van der Waals surface area (Å²) >= 11 is 0. The fourth-order valence-corrected chi connectivity index (χ4v) is 2.25. The molecule has 0 saturated carbocycles. The second kappa shape index (κ2) is 5.83. The molecule has 19 heavy (non-hydrogen) atoms. The Morgan fingerprint density at radius 2 is 1.53 bits per heavy atom. The van der Waals surface area contributed by atoms with Gasteiger partial charge in [0.1, 0.15) is 11.7 Å². The van der Waals surface area contributed by atoms with E-state index in [2.05, 4.69) is 6.58 Å². The molecule has 0 aliphatic rings. The van der Waals surface area contributed by atoms with E-state index in [9.17, 15) is 10.2 Å². The average molecular weight is 254 g/mol. The largest absolute Gasteiger partial charge is 0.385 e. The zero-order valence-corrected chi connectivity index (χ0v) is 10.7. The van der Waals surface area contributed by atoms with Crippen LogP contribution in [0.1, 0.15) is 23.7 Å². The Kier molecular flexibility index (Phi) is 4.15. The maximum atomic E-state index is 10.9. The highest BCUT2D eigenvalue weighted by atomic mass is 16.3. The van der Waals surface area contributed by atoms with Gasteiger partial charge in [-0.05, 0) is 11.1 Å². The van der Waals surface area contributed by atoms with Crippen LogP contribution in [0.2, 0.25) is 0 Å². The number of rotatable bonds is 5. The van der Waals surface area contributed by atoms with E-state index in [1.54, 1.807) is 6.08 Å². The lowest BCUT2D eigenvalue weighted by molar-refractivity contribution is -0.0810. The van der Waals surface area contributed by atoms with Crippen LogP contribution < -0.4 is 0 Å². The van der Waals surface area contributed by atoms with Crippen LogP contribution >= 0.6 is 0 Å². The summed E-state index contributed by atoms with van der Waals surface area (Å²) in [6.07, 6.45) is 0.917. The Balaban J connectivity index is 2.42. The van der Waals surface area contributed by atoms with Gasteiger partial charge in [0.25, 0.3) is 0 Å². The molecule has 0 aliphatic heterocycles. The molecule has 0 unspecified atom stereocenters. The standard InChI is InChI=1S/C17H18O2/c1-2-13-17(19,15-11-7-4-8-12-15)16(18)14-9-5-3-6-10-14/h2-12,16,18-19H,1,13H2/t16-,17+/m0/s1. The molecule has 0 fully saturated rings. The van der Waals surface area contributed by atoms with Crippen LogP contribution in [0.3, 0.4) is 0 Å². The summed E-state index contributed by atoms with van der Waals surface area (Å²) in [7, 11) is 0. The molecule has 2 N–H and O–H groups in total. The van der Waals surface area contributed by atoms with Gasteiger partial charge in [0, 0.05) is 6.42 Å². The summed E-state index contributed by atoms with van der Waals surface area (Å²) in [5.74, 6) is 0. The minimum Gasteiger partial charge on any atom is -0.385 e. The van der Waals surface area contributed by atoms with Gasteiger partial charge in [-0.15, -0.1) is 6.58 Å². The predicted octanol–water partition coefficient (Wildman–Crippen LogP) is 3.18. The first-order chi connectivity index (χ1) is 9.18. The third-order valence-electron chi connectivity index (χ3n) is 3.30. The van der Waals surface area contributed by atoms with E-state index in [4.69, 9.17) is 0 Å². The van der Waals surface area contributed by atoms with Crippen molar-refractivity contribution < 1.29 is 10.2 Å². The van der Waals surface area contributed by atoms with Gasteiger partial charge < -0.3 is 10.2 Å². The molecule has 2 aromatic rings. The lowest BCUT2D eigenvalue weighted by atomic mass is 9.82. The topological polar surface area (TPSA) is 40.5 Å². The summed E-state index contributed by atoms with van der Waals surface area (Å²) in [6, 6.07) is 18.4. The molecular weight excluding hydrogens is 236 g/mol. The number of hydrogen-bond donors (Lipinski definition) is 2. The average Bonchev–Trinajstić information content (AvgIpc) is 2.48. The molecule has 98 valence electrons. The smallest absolute Gasteiger partial charge is 0.123 e. The second-order valence-corrected chi connectivity index (χ2v) is 4.60. The SMILES string of the molecule is C=CC[C@@](O)(c1ccccc1)[C@@H](O)c1ccccc1. The van der Waals surface area contributed by atoms with Crippen LogP contribution in [0.25, 0.3) is 0 Å². The molecule has 0 amide bonds. The quantitative estimate of drug-likeness (QED) is 0.804. The van der Waals surface area contributed by atoms with E-state index in [0.717, 1.165) is 0 Å². The Hall–Kier alpha value is -1.90. The molecule has 2 nitrogen and oxygen atoms in total. The molecule has 0 heterocycles. The number of aliphatic hydroxyl groups is 2. The Bertz CT molecular complexity index is 521. The summed E-state index contributed by atoms with van der Waals surface area (Å²) < 4.78 is 0. The Morgan fingerprint density at radius 3 is 2.05 bits per heavy atom. The van der Waals surface area contributed by atoms with Crippen LogP contribution in [-0.2, 0) is 5.60 Å². The summed E-state index contributed by atoms with van der Waals surface area (Å²) in [5.41, 5.74) is 0.0200. The van der Waals surface area contributed by atoms with E-state index in [1.807, 2.05) is 60.7 Å². The van der Waals surface area contributed by atoms with Crippen molar-refractivity contribution in [1.29, 1.82) is 0 Å². The normalized spacial score (nSPS) is 15.5. The van der Waals surface area contributed by atoms with Gasteiger partial charge in [0.05, 0.1) is 0 Å². The van der Waals surface area contributed by atoms with E-state index >= 15 is 0 Å². The second-order valence-electron chi connectivity index (χ2n) is 4.60. The number of aliphatic hydroxyl groups excluding tert-OH is 1. The van der Waals surface area contributed by atoms with E-state index in [1.165, 1.54) is 0 Å². The molecule has 2 atom stereocenters. The molecule has 0 spiro atoms. The first-order valence-corrected chi connectivity index (χ1v) is 6.30. The maximum absolute atomic E-state index is 10.9. The van der Waals surface area contributed by atoms with Crippen molar-refractivity contribution in [3.05, 3.63) is 84.4 Å². The van der Waals surface area contributed by atoms with E-state index < -0.39 is 11.7 Å². The minimum absolute atomic E-state index is 0.285. The lowest BCUT2D eigenvalue weighted by Gasteiger charge is -2.33. The highest BCUT2D eigenvalue weighted by molar-refractivity contribution is 5.30. The Morgan fingerprint density at radius 1 is 1.00 bits per heavy atom. The molecule has 2 rings (SSSR count). The minimum atomic E-state index is -1.36. The molecule has 0 bridgehead atoms. The van der Waals surface area contributed by atoms with Gasteiger partial charge in [-0.25, -0.2) is 0 Å². The first kappa shape index (κ1) is 13.5. The summed E-state index contributed by atoms with van der Waals surface area (Å²) in [6.45, 7) is 3.68. The monoisotopic (exact) mass is 254 g/mol. The van der Waals surface area contributed by atoms with Gasteiger partial charge >= 0.3 is 0 Å². The van der Waals surface area contributed by atoms with Gasteiger partial charge in [0.15, 0.2) is 0 Å². The van der Waals surface area contributed by atoms with Crippen LogP contribution in [0.5, 0.6) is 0 Å². The Labute approximate surface area is 113 Å². The summed E-state index contributed by atoms with van der Waals surface area (Å²) in [4.78, 5) is 0. The number of hydrogen-bond acceptors (Lipinski definition) is 2. The molecule has 0 aromatic heterocycles. The molecule has 0 saturated heterocycles. The van der Waals surface area contributed by atoms with Crippen molar-refractivity contribution >= 4 is 0 Å². The predicted molar refractivity (Wildman–Crippen MR) is 76.6 cm³/mol. The zero-order chi connectivity index (χ0) is 13.7. The summed E-state index contributed by atoms with van der Waals surface area (Å²) in [5, 5.41) is 21.4. The first-order valence-electron chi connectivity index (χ1n) is 6.30. The lowest BCUT2D eigenvalue weighted by Crippen LogP contribution is -2.33. The van der Waals surface area contributed by atoms with Crippen molar-refractivity contribution in [2.24, 2.45) is 0 Å². The van der Waals surface area contributed by atoms with Crippen molar-refractivity contribution in [2.45, 2.75) is 18.1 Å². The molecule has 2 aromatic carbocycles. The van der Waals surface area contributed by atoms with Gasteiger partial charge in [-0.1, -0.05) is 66.7 Å². The van der Waals surface area contributed by atoms with Crippen LogP contribution in [-0.4, -0.2) is 10.2 Å². The third-order valence-corrected chi connectivity index (χ3v) is 3.30. The van der Waals surface area contributed by atoms with Gasteiger partial charge in [-0.2, -0.15) is 0 Å². The highest BCUT2D eigenvalue weighted by Crippen LogP contribution is 2.38. The van der Waals surface area contributed by atoms with Gasteiger partial charge in [-0.3, -0.25) is 0 Å². The fourth-order valence-electron chi connectivity index (χ4n) is 2.25. The fraction of sp³-hybridized carbons (Fsp3) is 0.176. The van der Waals surface area contributed by atoms with Crippen molar-refractivity contribution in [1.82, 2.24) is 0 Å². The van der Waals surface area contributed by atoms with Gasteiger partial charge in [0.2, 0.25) is 0 Å². The van der Waals surface area contributed by atoms with Crippen LogP contribution in [0.4, 0.5) is 0 Å². The van der Waals surface area contributed by atoms with Crippen molar-refractivity contribution in [3.63, 3.8) is 0 Å². The highest BCUT2D eigenvalue weighted by Gasteiger charge is 2.37. The van der Waals surface area contributed by atoms with E-state index in [-0.39, 0.29) is 6.42 Å². The van der Waals surface area contributed by atoms with Crippen molar-refractivity contribution in [2.75, 3.05) is 0 Å². The van der Waals surface area contributed by atoms with E-state index in [0.29, 0.717) is 11.1 Å². The third kappa shape index (κ3) is 2.75. The van der Waals surface area contributed by atoms with Crippen molar-refractivity contribution in [3.8, 4) is 0 Å². The molecular formula is C17H18O2. The molecule has 0 radical (unpaired) electrons. The molecule has 2 heteroatoms. The van der Waals surface area contributed by atoms with Crippen LogP contribution in [0, 0.1) is 0 Å². The maximum Gasteiger partial charge on any atom is 0.123 e.